The highest BCUT2D eigenvalue weighted by Gasteiger charge is 2.52. The van der Waals surface area contributed by atoms with Crippen molar-refractivity contribution >= 4 is 27.4 Å². The van der Waals surface area contributed by atoms with Crippen molar-refractivity contribution in [3.63, 3.8) is 0 Å². The number of hydrogen-bond donors (Lipinski definition) is 0. The van der Waals surface area contributed by atoms with Gasteiger partial charge in [0.15, 0.2) is 0 Å². The Balaban J connectivity index is 1.15. The molecule has 0 saturated carbocycles. The van der Waals surface area contributed by atoms with Gasteiger partial charge in [0.05, 0.1) is 27.8 Å². The Morgan fingerprint density at radius 2 is 1.02 bits per heavy atom. The number of fused-ring (bicyclic) bond motifs is 12. The van der Waals surface area contributed by atoms with Crippen molar-refractivity contribution in [1.82, 2.24) is 9.55 Å². The third kappa shape index (κ3) is 4.62. The van der Waals surface area contributed by atoms with Crippen molar-refractivity contribution in [2.75, 3.05) is 0 Å². The predicted octanol–water partition coefficient (Wildman–Crippen LogP) is 13.8. The quantitative estimate of drug-likeness (QED) is 0.177. The molecule has 2 nitrogen and oxygen atoms in total. The summed E-state index contributed by atoms with van der Waals surface area (Å²) in [4.78, 5) is 5.18. The van der Waals surface area contributed by atoms with Crippen LogP contribution >= 0.6 is 0 Å². The summed E-state index contributed by atoms with van der Waals surface area (Å²) in [7, 11) is 0. The van der Waals surface area contributed by atoms with Crippen LogP contribution in [0.1, 0.15) is 28.7 Å². The first kappa shape index (κ1) is 32.0. The third-order valence-corrected chi connectivity index (χ3v) is 12.4. The van der Waals surface area contributed by atoms with Crippen molar-refractivity contribution in [2.45, 2.75) is 11.8 Å². The van der Waals surface area contributed by atoms with Crippen molar-refractivity contribution < 1.29 is 0 Å². The van der Waals surface area contributed by atoms with Crippen LogP contribution in [-0.4, -0.2) is 9.55 Å². The van der Waals surface area contributed by atoms with Gasteiger partial charge in [0.25, 0.3) is 0 Å². The maximum Gasteiger partial charge on any atom is 0.0725 e. The van der Waals surface area contributed by atoms with Crippen molar-refractivity contribution in [1.29, 1.82) is 0 Å². The first-order chi connectivity index (χ1) is 28.3. The minimum atomic E-state index is -0.406. The summed E-state index contributed by atoms with van der Waals surface area (Å²) < 4.78 is 2.47. The first-order valence-electron chi connectivity index (χ1n) is 19.9. The Labute approximate surface area is 332 Å². The van der Waals surface area contributed by atoms with Gasteiger partial charge >= 0.3 is 0 Å². The SMILES string of the molecule is C1=CC2=C(C=CC1)C1(c3ccccc32)c2ccccc2-c2cc3c(cc21)c1ccc(-c2cc(-c4ccccc4)nc(-c4ccccc4)c2)cc1n3-c1ccccc1. The topological polar surface area (TPSA) is 17.8 Å². The van der Waals surface area contributed by atoms with Crippen LogP contribution in [0.15, 0.2) is 212 Å². The lowest BCUT2D eigenvalue weighted by molar-refractivity contribution is 0.787. The first-order valence-corrected chi connectivity index (χ1v) is 19.9. The van der Waals surface area contributed by atoms with E-state index in [2.05, 4.69) is 211 Å². The number of benzene rings is 7. The van der Waals surface area contributed by atoms with Gasteiger partial charge in [-0.05, 0) is 105 Å². The molecule has 0 bridgehead atoms. The molecule has 1 unspecified atom stereocenters. The second-order valence-corrected chi connectivity index (χ2v) is 15.4. The largest absolute Gasteiger partial charge is 0.309 e. The summed E-state index contributed by atoms with van der Waals surface area (Å²) in [6.07, 6.45) is 10.3. The van der Waals surface area contributed by atoms with Gasteiger partial charge in [-0.2, -0.15) is 0 Å². The molecule has 2 aromatic heterocycles. The molecular formula is C55H36N2. The molecule has 57 heavy (non-hydrogen) atoms. The molecule has 3 aliphatic carbocycles. The van der Waals surface area contributed by atoms with Crippen molar-refractivity contribution in [3.05, 3.63) is 234 Å². The summed E-state index contributed by atoms with van der Waals surface area (Å²) in [5, 5.41) is 2.50. The van der Waals surface area contributed by atoms with E-state index in [9.17, 15) is 0 Å². The van der Waals surface area contributed by atoms with Crippen molar-refractivity contribution in [2.24, 2.45) is 0 Å². The van der Waals surface area contributed by atoms with E-state index in [0.717, 1.165) is 45.7 Å². The highest BCUT2D eigenvalue weighted by atomic mass is 15.0. The summed E-state index contributed by atoms with van der Waals surface area (Å²) in [6.45, 7) is 0. The van der Waals surface area contributed by atoms with Crippen LogP contribution in [0.25, 0.3) is 77.8 Å². The summed E-state index contributed by atoms with van der Waals surface area (Å²) in [6, 6.07) is 66.6. The standard InChI is InChI=1S/C55H36N2/c1-5-17-36(18-6-1)51-31-39(32-52(56-51)37-19-7-2-8-20-37)38-29-30-44-46-34-50-45(35-54(46)57(53(44)33-38)40-21-9-3-10-22-40)43-25-14-16-28-49(43)55(50)47-26-12-4-11-23-41(47)42-24-13-15-27-48(42)55/h1-3,5-35H,4H2. The Hall–Kier alpha value is -7.29. The molecule has 0 fully saturated rings. The lowest BCUT2D eigenvalue weighted by Gasteiger charge is -2.31. The van der Waals surface area contributed by atoms with Gasteiger partial charge in [-0.1, -0.05) is 164 Å². The van der Waals surface area contributed by atoms with E-state index < -0.39 is 5.41 Å². The van der Waals surface area contributed by atoms with Gasteiger partial charge in [0.1, 0.15) is 0 Å². The molecule has 1 spiro atoms. The Morgan fingerprint density at radius 3 is 1.74 bits per heavy atom. The van der Waals surface area contributed by atoms with E-state index in [-0.39, 0.29) is 0 Å². The van der Waals surface area contributed by atoms with Crippen LogP contribution in [0, 0.1) is 0 Å². The average molecular weight is 725 g/mol. The lowest BCUT2D eigenvalue weighted by atomic mass is 9.69. The number of hydrogen-bond acceptors (Lipinski definition) is 1. The van der Waals surface area contributed by atoms with E-state index in [4.69, 9.17) is 4.98 Å². The van der Waals surface area contributed by atoms with Crippen LogP contribution in [0.3, 0.4) is 0 Å². The molecular weight excluding hydrogens is 689 g/mol. The number of para-hydroxylation sites is 1. The van der Waals surface area contributed by atoms with Crippen LogP contribution in [0.2, 0.25) is 0 Å². The van der Waals surface area contributed by atoms with Crippen LogP contribution in [0.4, 0.5) is 0 Å². The second kappa shape index (κ2) is 12.4. The number of pyridine rings is 1. The minimum Gasteiger partial charge on any atom is -0.309 e. The molecule has 0 radical (unpaired) electrons. The monoisotopic (exact) mass is 724 g/mol. The Kier molecular flexibility index (Phi) is 6.94. The molecule has 12 rings (SSSR count). The van der Waals surface area contributed by atoms with Crippen LogP contribution in [-0.2, 0) is 5.41 Å². The van der Waals surface area contributed by atoms with E-state index >= 15 is 0 Å². The summed E-state index contributed by atoms with van der Waals surface area (Å²) >= 11 is 0. The van der Waals surface area contributed by atoms with Gasteiger partial charge in [-0.15, -0.1) is 0 Å². The molecule has 7 aromatic carbocycles. The molecule has 0 saturated heterocycles. The molecule has 3 aliphatic rings. The van der Waals surface area contributed by atoms with Crippen molar-refractivity contribution in [3.8, 4) is 50.5 Å². The summed E-state index contributed by atoms with van der Waals surface area (Å²) in [5.41, 5.74) is 20.3. The minimum absolute atomic E-state index is 0.406. The molecule has 9 aromatic rings. The maximum absolute atomic E-state index is 5.18. The van der Waals surface area contributed by atoms with E-state index in [1.807, 2.05) is 0 Å². The lowest BCUT2D eigenvalue weighted by Crippen LogP contribution is -2.26. The molecule has 2 heteroatoms. The molecule has 266 valence electrons. The van der Waals surface area contributed by atoms with Gasteiger partial charge in [0, 0.05) is 27.6 Å². The number of aromatic nitrogens is 2. The maximum atomic E-state index is 5.18. The number of allylic oxidation sites excluding steroid dienone is 6. The average Bonchev–Trinajstić information content (AvgIpc) is 3.76. The molecule has 1 atom stereocenters. The Morgan fingerprint density at radius 1 is 0.421 bits per heavy atom. The van der Waals surface area contributed by atoms with Gasteiger partial charge < -0.3 is 4.57 Å². The normalized spacial score (nSPS) is 16.2. The third-order valence-electron chi connectivity index (χ3n) is 12.4. The zero-order valence-corrected chi connectivity index (χ0v) is 31.2. The second-order valence-electron chi connectivity index (χ2n) is 15.4. The fourth-order valence-corrected chi connectivity index (χ4v) is 9.99. The smallest absolute Gasteiger partial charge is 0.0725 e. The van der Waals surface area contributed by atoms with E-state index in [0.29, 0.717) is 0 Å². The van der Waals surface area contributed by atoms with Gasteiger partial charge in [0.2, 0.25) is 0 Å². The zero-order chi connectivity index (χ0) is 37.5. The highest BCUT2D eigenvalue weighted by Crippen LogP contribution is 2.63. The molecule has 0 amide bonds. The fourth-order valence-electron chi connectivity index (χ4n) is 9.99. The zero-order valence-electron chi connectivity index (χ0n) is 31.2. The highest BCUT2D eigenvalue weighted by molar-refractivity contribution is 6.13. The molecule has 2 heterocycles. The van der Waals surface area contributed by atoms with Gasteiger partial charge in [-0.25, -0.2) is 4.98 Å². The van der Waals surface area contributed by atoms with Crippen LogP contribution < -0.4 is 0 Å². The Bertz CT molecular complexity index is 3120. The predicted molar refractivity (Wildman–Crippen MR) is 236 cm³/mol. The number of nitrogens with zero attached hydrogens (tertiary/aromatic N) is 2. The number of rotatable bonds is 4. The molecule has 0 aliphatic heterocycles. The van der Waals surface area contributed by atoms with E-state index in [1.165, 1.54) is 66.3 Å². The molecule has 0 N–H and O–H groups in total. The van der Waals surface area contributed by atoms with Gasteiger partial charge in [-0.3, -0.25) is 0 Å². The fraction of sp³-hybridized carbons (Fsp3) is 0.0364. The van der Waals surface area contributed by atoms with E-state index in [1.54, 1.807) is 0 Å². The van der Waals surface area contributed by atoms with Crippen LogP contribution in [0.5, 0.6) is 0 Å². The summed E-state index contributed by atoms with van der Waals surface area (Å²) in [5.74, 6) is 0.